The molecule has 2 aliphatic heterocycles. The topological polar surface area (TPSA) is 103 Å². The van der Waals surface area contributed by atoms with Crippen LogP contribution in [0.25, 0.3) is 16.6 Å². The van der Waals surface area contributed by atoms with Crippen molar-refractivity contribution in [2.45, 2.75) is 64.4 Å². The average Bonchev–Trinajstić information content (AvgIpc) is 3.19. The Morgan fingerprint density at radius 1 is 1.29 bits per heavy atom. The molecule has 0 spiro atoms. The molecule has 0 fully saturated rings. The van der Waals surface area contributed by atoms with Crippen LogP contribution in [0.1, 0.15) is 57.4 Å². The number of rotatable bonds is 8. The van der Waals surface area contributed by atoms with E-state index in [1.165, 1.54) is 13.4 Å². The summed E-state index contributed by atoms with van der Waals surface area (Å²) in [7, 11) is -1.80. The molecule has 2 atom stereocenters. The molecule has 3 heterocycles. The number of para-hydroxylation sites is 1. The van der Waals surface area contributed by atoms with E-state index in [1.54, 1.807) is 11.8 Å². The Bertz CT molecular complexity index is 1450. The Morgan fingerprint density at radius 2 is 1.97 bits per heavy atom. The number of cyclic esters (lactones) is 1. The van der Waals surface area contributed by atoms with Gasteiger partial charge in [-0.05, 0) is 49.3 Å². The summed E-state index contributed by atoms with van der Waals surface area (Å²) in [5, 5.41) is 0.462. The van der Waals surface area contributed by atoms with Crippen molar-refractivity contribution in [1.82, 2.24) is 9.88 Å². The number of esters is 1. The molecule has 9 heteroatoms. The highest BCUT2D eigenvalue weighted by molar-refractivity contribution is 7.91. The largest absolute Gasteiger partial charge is 0.458 e. The fourth-order valence-electron chi connectivity index (χ4n) is 5.85. The monoisotopic (exact) mass is 540 g/mol. The number of benzene rings is 1. The minimum Gasteiger partial charge on any atom is -0.458 e. The number of nitrogens with zero attached hydrogens (tertiary/aromatic N) is 2. The molecule has 0 aliphatic carbocycles. The predicted octanol–water partition coefficient (Wildman–Crippen LogP) is 4.22. The van der Waals surface area contributed by atoms with Crippen LogP contribution in [0, 0.1) is 5.92 Å². The number of aryl methyl sites for hydroxylation is 1. The van der Waals surface area contributed by atoms with Gasteiger partial charge in [0.05, 0.1) is 34.3 Å². The second-order valence-corrected chi connectivity index (χ2v) is 12.8. The molecule has 2 aliphatic rings. The zero-order chi connectivity index (χ0) is 28.0. The van der Waals surface area contributed by atoms with Crippen molar-refractivity contribution >= 4 is 38.3 Å². The van der Waals surface area contributed by atoms with Crippen molar-refractivity contribution in [3.8, 4) is 0 Å². The number of hydrogen-bond acceptors (Lipinski definition) is 7. The van der Waals surface area contributed by atoms with Crippen molar-refractivity contribution < 1.29 is 27.5 Å². The summed E-state index contributed by atoms with van der Waals surface area (Å²) in [6.07, 6.45) is 2.61. The number of carbonyl (C=O) groups is 2. The molecule has 0 bridgehead atoms. The number of ether oxygens (including phenoxy) is 2. The average molecular weight is 541 g/mol. The van der Waals surface area contributed by atoms with E-state index in [0.717, 1.165) is 22.0 Å². The van der Waals surface area contributed by atoms with Gasteiger partial charge >= 0.3 is 5.97 Å². The Hall–Kier alpha value is -3.04. The number of pyridine rings is 1. The minimum absolute atomic E-state index is 0.0252. The molecule has 2 aromatic rings. The third-order valence-corrected chi connectivity index (χ3v) is 9.96. The molecule has 0 saturated carbocycles. The van der Waals surface area contributed by atoms with Crippen molar-refractivity contribution in [3.05, 3.63) is 58.8 Å². The van der Waals surface area contributed by atoms with Crippen LogP contribution in [-0.2, 0) is 41.9 Å². The molecule has 1 aromatic carbocycles. The summed E-state index contributed by atoms with van der Waals surface area (Å²) < 4.78 is 35.9. The van der Waals surface area contributed by atoms with Gasteiger partial charge in [-0.25, -0.2) is 18.2 Å². The number of fused-ring (bicyclic) bond motifs is 2. The predicted molar refractivity (Wildman–Crippen MR) is 147 cm³/mol. The van der Waals surface area contributed by atoms with Crippen molar-refractivity contribution in [2.75, 3.05) is 20.0 Å². The van der Waals surface area contributed by atoms with Gasteiger partial charge in [0.1, 0.15) is 6.61 Å². The lowest BCUT2D eigenvalue weighted by molar-refractivity contribution is -0.167. The maximum Gasteiger partial charge on any atom is 0.343 e. The Balaban J connectivity index is 1.76. The summed E-state index contributed by atoms with van der Waals surface area (Å²) in [5.41, 5.74) is 3.33. The van der Waals surface area contributed by atoms with Gasteiger partial charge in [-0.1, -0.05) is 45.5 Å². The fourth-order valence-corrected chi connectivity index (χ4v) is 7.39. The number of amides is 1. The standard InChI is InChI=1S/C29H36N2O6S/c1-8-29(36-6)18(4)23(16-37-28(29)33)27(32)31-15-22-20(13-14-25(17(2)3)38(7,34)35)21-11-9-10-12-24(21)30-26(22)19(31)5/h9-12,17,25H,5,8,13-16H2,1-4,6-7H3/t25?,29-/m0/s1. The van der Waals surface area contributed by atoms with Gasteiger partial charge < -0.3 is 14.4 Å². The molecule has 204 valence electrons. The summed E-state index contributed by atoms with van der Waals surface area (Å²) in [6.45, 7) is 11.7. The first-order valence-corrected chi connectivity index (χ1v) is 14.9. The lowest BCUT2D eigenvalue weighted by Crippen LogP contribution is -2.48. The Morgan fingerprint density at radius 3 is 2.58 bits per heavy atom. The molecule has 8 nitrogen and oxygen atoms in total. The first-order chi connectivity index (χ1) is 17.9. The smallest absolute Gasteiger partial charge is 0.343 e. The molecule has 0 N–H and O–H groups in total. The number of sulfone groups is 1. The molecule has 38 heavy (non-hydrogen) atoms. The third-order valence-electron chi connectivity index (χ3n) is 8.08. The van der Waals surface area contributed by atoms with Gasteiger partial charge in [0, 0.05) is 24.3 Å². The number of aromatic nitrogens is 1. The highest BCUT2D eigenvalue weighted by atomic mass is 32.2. The molecular weight excluding hydrogens is 504 g/mol. The van der Waals surface area contributed by atoms with Crippen LogP contribution in [0.4, 0.5) is 0 Å². The van der Waals surface area contributed by atoms with E-state index in [4.69, 9.17) is 14.5 Å². The van der Waals surface area contributed by atoms with Gasteiger partial charge in [-0.3, -0.25) is 4.79 Å². The van der Waals surface area contributed by atoms with Gasteiger partial charge in [0.2, 0.25) is 0 Å². The normalized spacial score (nSPS) is 20.8. The van der Waals surface area contributed by atoms with Gasteiger partial charge in [-0.15, -0.1) is 0 Å². The zero-order valence-electron chi connectivity index (χ0n) is 23.0. The van der Waals surface area contributed by atoms with Crippen LogP contribution >= 0.6 is 0 Å². The molecule has 0 radical (unpaired) electrons. The van der Waals surface area contributed by atoms with Gasteiger partial charge in [0.25, 0.3) is 5.91 Å². The van der Waals surface area contributed by atoms with Crippen LogP contribution in [0.15, 0.2) is 42.0 Å². The molecule has 0 saturated heterocycles. The minimum atomic E-state index is -3.24. The molecule has 1 unspecified atom stereocenters. The van der Waals surface area contributed by atoms with E-state index in [1.807, 2.05) is 45.0 Å². The fraction of sp³-hybridized carbons (Fsp3) is 0.483. The molecular formula is C29H36N2O6S. The molecule has 1 amide bonds. The summed E-state index contributed by atoms with van der Waals surface area (Å²) in [5.74, 6) is -0.831. The number of methoxy groups -OCH3 is 1. The highest BCUT2D eigenvalue weighted by Crippen LogP contribution is 2.40. The first kappa shape index (κ1) is 28.0. The van der Waals surface area contributed by atoms with E-state index < -0.39 is 26.7 Å². The van der Waals surface area contributed by atoms with Crippen LogP contribution in [0.2, 0.25) is 0 Å². The number of hydrogen-bond donors (Lipinski definition) is 0. The second-order valence-electron chi connectivity index (χ2n) is 10.5. The molecule has 1 aromatic heterocycles. The second kappa shape index (κ2) is 10.3. The van der Waals surface area contributed by atoms with E-state index in [9.17, 15) is 18.0 Å². The Kier molecular flexibility index (Phi) is 7.56. The summed E-state index contributed by atoms with van der Waals surface area (Å²) in [4.78, 5) is 32.8. The first-order valence-electron chi connectivity index (χ1n) is 12.9. The van der Waals surface area contributed by atoms with Crippen molar-refractivity contribution in [3.63, 3.8) is 0 Å². The maximum atomic E-state index is 13.9. The zero-order valence-corrected chi connectivity index (χ0v) is 23.8. The van der Waals surface area contributed by atoms with Crippen molar-refractivity contribution in [1.29, 1.82) is 0 Å². The van der Waals surface area contributed by atoms with E-state index in [-0.39, 0.29) is 25.0 Å². The van der Waals surface area contributed by atoms with Crippen LogP contribution < -0.4 is 0 Å². The lowest BCUT2D eigenvalue weighted by Gasteiger charge is -2.36. The van der Waals surface area contributed by atoms with E-state index >= 15 is 0 Å². The maximum absolute atomic E-state index is 13.9. The van der Waals surface area contributed by atoms with Crippen molar-refractivity contribution in [2.24, 2.45) is 5.92 Å². The summed E-state index contributed by atoms with van der Waals surface area (Å²) >= 11 is 0. The van der Waals surface area contributed by atoms with Crippen LogP contribution in [0.3, 0.4) is 0 Å². The Labute approximate surface area is 224 Å². The summed E-state index contributed by atoms with van der Waals surface area (Å²) in [6, 6.07) is 7.73. The SMILES string of the molecule is C=C1c2nc3ccccc3c(CCC(C(C)C)S(C)(=O)=O)c2CN1C(=O)C1=C(C)[C@](CC)(OC)C(=O)OC1. The molecule has 4 rings (SSSR count). The highest BCUT2D eigenvalue weighted by Gasteiger charge is 2.47. The van der Waals surface area contributed by atoms with E-state index in [2.05, 4.69) is 6.58 Å². The van der Waals surface area contributed by atoms with Crippen LogP contribution in [-0.4, -0.2) is 61.0 Å². The number of carbonyl (C=O) groups excluding carboxylic acids is 2. The quantitative estimate of drug-likeness (QED) is 0.462. The lowest BCUT2D eigenvalue weighted by atomic mass is 9.86. The third kappa shape index (κ3) is 4.56. The van der Waals surface area contributed by atoms with Crippen LogP contribution in [0.5, 0.6) is 0 Å². The van der Waals surface area contributed by atoms with E-state index in [0.29, 0.717) is 41.8 Å². The van der Waals surface area contributed by atoms with Gasteiger partial charge in [-0.2, -0.15) is 0 Å². The van der Waals surface area contributed by atoms with Gasteiger partial charge in [0.15, 0.2) is 15.4 Å².